The number of aromatic nitrogens is 3. The Morgan fingerprint density at radius 2 is 2.25 bits per heavy atom. The summed E-state index contributed by atoms with van der Waals surface area (Å²) in [7, 11) is 0. The van der Waals surface area contributed by atoms with Crippen LogP contribution in [0, 0.1) is 30.1 Å². The summed E-state index contributed by atoms with van der Waals surface area (Å²) in [5.74, 6) is 0.562. The fourth-order valence-corrected chi connectivity index (χ4v) is 3.59. The number of nitrogens with two attached hydrogens (primary N) is 1. The highest BCUT2D eigenvalue weighted by Crippen LogP contribution is 2.42. The van der Waals surface area contributed by atoms with E-state index in [2.05, 4.69) is 26.3 Å². The first-order chi connectivity index (χ1) is 13.5. The number of pyridine rings is 3. The van der Waals surface area contributed by atoms with Gasteiger partial charge in [-0.05, 0) is 37.0 Å². The van der Waals surface area contributed by atoms with E-state index in [0.29, 0.717) is 39.5 Å². The highest BCUT2D eigenvalue weighted by atomic mass is 35.5. The molecule has 1 saturated carbocycles. The summed E-state index contributed by atoms with van der Waals surface area (Å²) >= 11 is 6.65. The number of fused-ring (bicyclic) bond motifs is 1. The molecule has 3 N–H and O–H groups in total. The lowest BCUT2D eigenvalue weighted by molar-refractivity contribution is -0.117. The van der Waals surface area contributed by atoms with Crippen molar-refractivity contribution in [2.75, 3.05) is 11.1 Å². The van der Waals surface area contributed by atoms with Crippen LogP contribution < -0.4 is 11.1 Å². The number of nitrogens with one attached hydrogen (secondary N) is 1. The van der Waals surface area contributed by atoms with Crippen molar-refractivity contribution in [1.82, 2.24) is 15.0 Å². The van der Waals surface area contributed by atoms with E-state index >= 15 is 0 Å². The summed E-state index contributed by atoms with van der Waals surface area (Å²) < 4.78 is 0. The summed E-state index contributed by atoms with van der Waals surface area (Å²) in [6, 6.07) is 5.68. The molecule has 0 spiro atoms. The molecule has 4 rings (SSSR count). The van der Waals surface area contributed by atoms with Crippen molar-refractivity contribution in [3.8, 4) is 17.3 Å². The number of anilines is 2. The zero-order chi connectivity index (χ0) is 19.8. The SMILES string of the molecule is Cc1ccncc1-c1nc(N)c2cnc(NC(=O)C3CC3CC#N)cc2c1Cl. The number of nitrogen functional groups attached to an aromatic ring is 1. The summed E-state index contributed by atoms with van der Waals surface area (Å²) in [6.07, 6.45) is 6.08. The lowest BCUT2D eigenvalue weighted by Crippen LogP contribution is -2.15. The van der Waals surface area contributed by atoms with Crippen molar-refractivity contribution >= 4 is 39.9 Å². The Balaban J connectivity index is 1.71. The number of carbonyl (C=O) groups is 1. The molecule has 0 bridgehead atoms. The number of hydrogen-bond acceptors (Lipinski definition) is 6. The molecule has 7 nitrogen and oxygen atoms in total. The van der Waals surface area contributed by atoms with E-state index in [1.165, 1.54) is 0 Å². The van der Waals surface area contributed by atoms with E-state index in [-0.39, 0.29) is 17.7 Å². The first-order valence-corrected chi connectivity index (χ1v) is 9.21. The van der Waals surface area contributed by atoms with E-state index in [9.17, 15) is 4.79 Å². The quantitative estimate of drug-likeness (QED) is 0.698. The number of halogens is 1. The third-order valence-electron chi connectivity index (χ3n) is 5.01. The molecule has 0 aliphatic heterocycles. The Morgan fingerprint density at radius 1 is 1.43 bits per heavy atom. The third kappa shape index (κ3) is 3.23. The molecule has 140 valence electrons. The van der Waals surface area contributed by atoms with Gasteiger partial charge in [0.1, 0.15) is 11.6 Å². The van der Waals surface area contributed by atoms with Crippen LogP contribution in [0.4, 0.5) is 11.6 Å². The maximum atomic E-state index is 12.3. The fraction of sp³-hybridized carbons (Fsp3) is 0.250. The molecule has 0 saturated heterocycles. The topological polar surface area (TPSA) is 118 Å². The summed E-state index contributed by atoms with van der Waals surface area (Å²) in [6.45, 7) is 1.95. The molecule has 3 aromatic rings. The van der Waals surface area contributed by atoms with Crippen LogP contribution in [0.5, 0.6) is 0 Å². The van der Waals surface area contributed by atoms with E-state index < -0.39 is 0 Å². The summed E-state index contributed by atoms with van der Waals surface area (Å²) in [5, 5.41) is 13.3. The second-order valence-corrected chi connectivity index (χ2v) is 7.30. The first kappa shape index (κ1) is 18.1. The number of aryl methyl sites for hydroxylation is 1. The van der Waals surface area contributed by atoms with Crippen molar-refractivity contribution in [2.45, 2.75) is 19.8 Å². The summed E-state index contributed by atoms with van der Waals surface area (Å²) in [5.41, 5.74) is 8.43. The maximum Gasteiger partial charge on any atom is 0.228 e. The van der Waals surface area contributed by atoms with Crippen LogP contribution in [0.1, 0.15) is 18.4 Å². The first-order valence-electron chi connectivity index (χ1n) is 8.83. The number of nitriles is 1. The largest absolute Gasteiger partial charge is 0.383 e. The minimum Gasteiger partial charge on any atom is -0.383 e. The standard InChI is InChI=1S/C20H17ClN6O/c1-10-3-5-24-8-14(10)18-17(21)13-7-16(25-9-15(13)19(23)27-18)26-20(28)12-6-11(12)2-4-22/h3,5,7-9,11-12H,2,6H2,1H3,(H2,23,27)(H,25,26,28). The molecule has 1 aliphatic carbocycles. The van der Waals surface area contributed by atoms with E-state index in [4.69, 9.17) is 22.6 Å². The fourth-order valence-electron chi connectivity index (χ4n) is 3.29. The van der Waals surface area contributed by atoms with E-state index in [1.54, 1.807) is 24.7 Å². The molecular weight excluding hydrogens is 376 g/mol. The van der Waals surface area contributed by atoms with Crippen molar-refractivity contribution in [1.29, 1.82) is 5.26 Å². The van der Waals surface area contributed by atoms with Crippen molar-refractivity contribution in [2.24, 2.45) is 11.8 Å². The van der Waals surface area contributed by atoms with Crippen molar-refractivity contribution in [3.05, 3.63) is 41.3 Å². The Bertz CT molecular complexity index is 1140. The lowest BCUT2D eigenvalue weighted by Gasteiger charge is -2.12. The smallest absolute Gasteiger partial charge is 0.228 e. The minimum atomic E-state index is -0.135. The van der Waals surface area contributed by atoms with Gasteiger partial charge in [-0.3, -0.25) is 9.78 Å². The number of rotatable bonds is 4. The molecule has 3 heterocycles. The number of carbonyl (C=O) groups excluding carboxylic acids is 1. The van der Waals surface area contributed by atoms with Crippen LogP contribution in [-0.4, -0.2) is 20.9 Å². The average molecular weight is 393 g/mol. The van der Waals surface area contributed by atoms with E-state index in [1.807, 2.05) is 13.0 Å². The van der Waals surface area contributed by atoms with Crippen molar-refractivity contribution < 1.29 is 4.79 Å². The zero-order valence-corrected chi connectivity index (χ0v) is 15.9. The van der Waals surface area contributed by atoms with Crippen molar-refractivity contribution in [3.63, 3.8) is 0 Å². The Hall–Kier alpha value is -3.24. The molecule has 2 atom stereocenters. The van der Waals surface area contributed by atoms with Crippen LogP contribution in [-0.2, 0) is 4.79 Å². The van der Waals surface area contributed by atoms with Crippen LogP contribution >= 0.6 is 11.6 Å². The second kappa shape index (κ2) is 7.06. The van der Waals surface area contributed by atoms with Gasteiger partial charge < -0.3 is 11.1 Å². The number of amides is 1. The van der Waals surface area contributed by atoms with Crippen LogP contribution in [0.2, 0.25) is 5.02 Å². The predicted molar refractivity (Wildman–Crippen MR) is 107 cm³/mol. The molecule has 8 heteroatoms. The number of hydrogen-bond donors (Lipinski definition) is 2. The lowest BCUT2D eigenvalue weighted by atomic mass is 10.1. The van der Waals surface area contributed by atoms with Crippen LogP contribution in [0.3, 0.4) is 0 Å². The van der Waals surface area contributed by atoms with Crippen LogP contribution in [0.25, 0.3) is 22.0 Å². The molecule has 1 fully saturated rings. The van der Waals surface area contributed by atoms with Crippen LogP contribution in [0.15, 0.2) is 30.7 Å². The number of nitrogens with zero attached hydrogens (tertiary/aromatic N) is 4. The Morgan fingerprint density at radius 3 is 3.00 bits per heavy atom. The normalized spacial score (nSPS) is 17.9. The van der Waals surface area contributed by atoms with Gasteiger partial charge in [0.05, 0.1) is 16.8 Å². The maximum absolute atomic E-state index is 12.3. The minimum absolute atomic E-state index is 0.131. The van der Waals surface area contributed by atoms with Gasteiger partial charge in [-0.2, -0.15) is 5.26 Å². The summed E-state index contributed by atoms with van der Waals surface area (Å²) in [4.78, 5) is 25.2. The zero-order valence-electron chi connectivity index (χ0n) is 15.1. The Kier molecular flexibility index (Phi) is 4.57. The molecule has 0 aromatic carbocycles. The highest BCUT2D eigenvalue weighted by molar-refractivity contribution is 6.38. The highest BCUT2D eigenvalue weighted by Gasteiger charge is 2.42. The van der Waals surface area contributed by atoms with Gasteiger partial charge in [0.15, 0.2) is 0 Å². The van der Waals surface area contributed by atoms with Gasteiger partial charge in [0.2, 0.25) is 5.91 Å². The Labute approximate surface area is 166 Å². The molecule has 3 aromatic heterocycles. The molecular formula is C20H17ClN6O. The second-order valence-electron chi connectivity index (χ2n) is 6.92. The average Bonchev–Trinajstić information content (AvgIpc) is 3.45. The van der Waals surface area contributed by atoms with Gasteiger partial charge in [0, 0.05) is 47.3 Å². The third-order valence-corrected chi connectivity index (χ3v) is 5.40. The molecule has 1 aliphatic rings. The van der Waals surface area contributed by atoms with Gasteiger partial charge in [-0.1, -0.05) is 11.6 Å². The van der Waals surface area contributed by atoms with Gasteiger partial charge in [0.25, 0.3) is 0 Å². The van der Waals surface area contributed by atoms with Gasteiger partial charge in [-0.25, -0.2) is 9.97 Å². The monoisotopic (exact) mass is 392 g/mol. The predicted octanol–water partition coefficient (Wildman–Crippen LogP) is 3.72. The van der Waals surface area contributed by atoms with Gasteiger partial charge in [-0.15, -0.1) is 0 Å². The molecule has 28 heavy (non-hydrogen) atoms. The molecule has 0 radical (unpaired) electrons. The molecule has 1 amide bonds. The molecule has 2 unspecified atom stereocenters. The van der Waals surface area contributed by atoms with E-state index in [0.717, 1.165) is 17.5 Å². The van der Waals surface area contributed by atoms with Gasteiger partial charge >= 0.3 is 0 Å².